The molecule has 1 fully saturated rings. The van der Waals surface area contributed by atoms with Crippen LogP contribution in [0.3, 0.4) is 0 Å². The minimum atomic E-state index is 0.795. The van der Waals surface area contributed by atoms with E-state index in [-0.39, 0.29) is 0 Å². The number of likely N-dealkylation sites (tertiary alicyclic amines) is 1. The molecule has 19 heavy (non-hydrogen) atoms. The van der Waals surface area contributed by atoms with Crippen molar-refractivity contribution in [2.45, 2.75) is 19.9 Å². The molecule has 3 rings (SSSR count). The van der Waals surface area contributed by atoms with Gasteiger partial charge < -0.3 is 9.72 Å². The molecule has 1 aliphatic rings. The fourth-order valence-corrected chi connectivity index (χ4v) is 3.02. The van der Waals surface area contributed by atoms with E-state index in [2.05, 4.69) is 46.1 Å². The highest BCUT2D eigenvalue weighted by atomic mass is 15.2. The third kappa shape index (κ3) is 2.65. The van der Waals surface area contributed by atoms with Gasteiger partial charge in [-0.3, -0.25) is 4.90 Å². The van der Waals surface area contributed by atoms with Gasteiger partial charge in [0.1, 0.15) is 5.65 Å². The van der Waals surface area contributed by atoms with Crippen molar-refractivity contribution in [3.05, 3.63) is 35.8 Å². The van der Waals surface area contributed by atoms with Gasteiger partial charge in [0.15, 0.2) is 0 Å². The maximum atomic E-state index is 4.75. The lowest BCUT2D eigenvalue weighted by Gasteiger charge is -2.14. The van der Waals surface area contributed by atoms with Crippen LogP contribution in [0.25, 0.3) is 5.65 Å². The highest BCUT2D eigenvalue weighted by Crippen LogP contribution is 2.18. The summed E-state index contributed by atoms with van der Waals surface area (Å²) in [6.07, 6.45) is 5.54. The molecular formula is C15H22N4. The smallest absolute Gasteiger partial charge is 0.139 e. The Labute approximate surface area is 114 Å². The molecule has 0 bridgehead atoms. The number of nitrogens with zero attached hydrogens (tertiary/aromatic N) is 3. The molecular weight excluding hydrogens is 236 g/mol. The van der Waals surface area contributed by atoms with Crippen LogP contribution in [0, 0.1) is 12.8 Å². The Kier molecular flexibility index (Phi) is 3.53. The first-order chi connectivity index (χ1) is 9.26. The van der Waals surface area contributed by atoms with E-state index in [1.54, 1.807) is 0 Å². The summed E-state index contributed by atoms with van der Waals surface area (Å²) in [4.78, 5) is 7.27. The summed E-state index contributed by atoms with van der Waals surface area (Å²) in [6, 6.07) is 4.19. The Hall–Kier alpha value is -1.39. The normalized spacial score (nSPS) is 20.4. The first-order valence-corrected chi connectivity index (χ1v) is 7.06. The SMILES string of the molecule is CNCC1CCN(Cc2cn3cccc(C)c3n2)C1. The molecule has 102 valence electrons. The number of fused-ring (bicyclic) bond motifs is 1. The topological polar surface area (TPSA) is 32.6 Å². The minimum Gasteiger partial charge on any atom is -0.319 e. The predicted octanol–water partition coefficient (Wildman–Crippen LogP) is 1.68. The molecule has 0 aromatic carbocycles. The Bertz CT molecular complexity index is 560. The second kappa shape index (κ2) is 5.31. The van der Waals surface area contributed by atoms with Crippen molar-refractivity contribution in [3.8, 4) is 0 Å². The Balaban J connectivity index is 1.70. The largest absolute Gasteiger partial charge is 0.319 e. The van der Waals surface area contributed by atoms with Crippen LogP contribution in [-0.2, 0) is 6.54 Å². The van der Waals surface area contributed by atoms with Crippen molar-refractivity contribution >= 4 is 5.65 Å². The minimum absolute atomic E-state index is 0.795. The lowest BCUT2D eigenvalue weighted by Crippen LogP contribution is -2.24. The van der Waals surface area contributed by atoms with Crippen molar-refractivity contribution in [3.63, 3.8) is 0 Å². The second-order valence-corrected chi connectivity index (χ2v) is 5.60. The molecule has 0 aliphatic carbocycles. The molecule has 1 saturated heterocycles. The molecule has 3 heterocycles. The molecule has 0 saturated carbocycles. The Morgan fingerprint density at radius 3 is 3.16 bits per heavy atom. The Morgan fingerprint density at radius 1 is 1.47 bits per heavy atom. The number of hydrogen-bond acceptors (Lipinski definition) is 3. The molecule has 2 aromatic heterocycles. The summed E-state index contributed by atoms with van der Waals surface area (Å²) in [5.41, 5.74) is 3.51. The van der Waals surface area contributed by atoms with Gasteiger partial charge in [0.05, 0.1) is 5.69 Å². The van der Waals surface area contributed by atoms with Gasteiger partial charge in [-0.25, -0.2) is 4.98 Å². The molecule has 0 spiro atoms. The maximum Gasteiger partial charge on any atom is 0.139 e. The molecule has 4 nitrogen and oxygen atoms in total. The van der Waals surface area contributed by atoms with Crippen molar-refractivity contribution in [2.24, 2.45) is 5.92 Å². The van der Waals surface area contributed by atoms with Crippen LogP contribution < -0.4 is 5.32 Å². The summed E-state index contributed by atoms with van der Waals surface area (Å²) >= 11 is 0. The number of nitrogens with one attached hydrogen (secondary N) is 1. The molecule has 2 aromatic rings. The number of aromatic nitrogens is 2. The van der Waals surface area contributed by atoms with Gasteiger partial charge in [-0.15, -0.1) is 0 Å². The second-order valence-electron chi connectivity index (χ2n) is 5.60. The van der Waals surface area contributed by atoms with Gasteiger partial charge >= 0.3 is 0 Å². The van der Waals surface area contributed by atoms with Crippen molar-refractivity contribution in [2.75, 3.05) is 26.7 Å². The van der Waals surface area contributed by atoms with Crippen LogP contribution in [0.2, 0.25) is 0 Å². The molecule has 1 aliphatic heterocycles. The molecule has 0 amide bonds. The van der Waals surface area contributed by atoms with Crippen LogP contribution >= 0.6 is 0 Å². The van der Waals surface area contributed by atoms with Crippen LogP contribution in [0.1, 0.15) is 17.7 Å². The van der Waals surface area contributed by atoms with Crippen molar-refractivity contribution in [1.29, 1.82) is 0 Å². The van der Waals surface area contributed by atoms with E-state index in [9.17, 15) is 0 Å². The maximum absolute atomic E-state index is 4.75. The monoisotopic (exact) mass is 258 g/mol. The molecule has 4 heteroatoms. The zero-order chi connectivity index (χ0) is 13.2. The fourth-order valence-electron chi connectivity index (χ4n) is 3.02. The zero-order valence-electron chi connectivity index (χ0n) is 11.8. The van der Waals surface area contributed by atoms with Crippen molar-refractivity contribution < 1.29 is 0 Å². The van der Waals surface area contributed by atoms with E-state index in [1.165, 1.54) is 30.8 Å². The number of pyridine rings is 1. The number of rotatable bonds is 4. The average Bonchev–Trinajstić information content (AvgIpc) is 2.98. The van der Waals surface area contributed by atoms with E-state index in [0.29, 0.717) is 0 Å². The van der Waals surface area contributed by atoms with E-state index < -0.39 is 0 Å². The van der Waals surface area contributed by atoms with Gasteiger partial charge in [-0.1, -0.05) is 6.07 Å². The van der Waals surface area contributed by atoms with E-state index in [0.717, 1.165) is 24.7 Å². The summed E-state index contributed by atoms with van der Waals surface area (Å²) in [6.45, 7) is 6.60. The number of aryl methyl sites for hydroxylation is 1. The van der Waals surface area contributed by atoms with Gasteiger partial charge in [-0.05, 0) is 51.0 Å². The van der Waals surface area contributed by atoms with Gasteiger partial charge in [0.25, 0.3) is 0 Å². The van der Waals surface area contributed by atoms with E-state index >= 15 is 0 Å². The van der Waals surface area contributed by atoms with Crippen LogP contribution in [0.4, 0.5) is 0 Å². The van der Waals surface area contributed by atoms with Crippen molar-refractivity contribution in [1.82, 2.24) is 19.6 Å². The first-order valence-electron chi connectivity index (χ1n) is 7.06. The van der Waals surface area contributed by atoms with E-state index in [1.807, 2.05) is 7.05 Å². The summed E-state index contributed by atoms with van der Waals surface area (Å²) < 4.78 is 2.13. The van der Waals surface area contributed by atoms with Gasteiger partial charge in [0, 0.05) is 25.5 Å². The molecule has 1 N–H and O–H groups in total. The molecule has 1 unspecified atom stereocenters. The van der Waals surface area contributed by atoms with Gasteiger partial charge in [0.2, 0.25) is 0 Å². The van der Waals surface area contributed by atoms with E-state index in [4.69, 9.17) is 4.98 Å². The summed E-state index contributed by atoms with van der Waals surface area (Å²) in [5, 5.41) is 3.28. The van der Waals surface area contributed by atoms with Crippen LogP contribution in [0.15, 0.2) is 24.5 Å². The average molecular weight is 258 g/mol. The zero-order valence-corrected chi connectivity index (χ0v) is 11.8. The highest BCUT2D eigenvalue weighted by molar-refractivity contribution is 5.47. The third-order valence-electron chi connectivity index (χ3n) is 3.98. The van der Waals surface area contributed by atoms with Crippen LogP contribution in [-0.4, -0.2) is 41.0 Å². The molecule has 1 atom stereocenters. The van der Waals surface area contributed by atoms with Gasteiger partial charge in [-0.2, -0.15) is 0 Å². The number of hydrogen-bond donors (Lipinski definition) is 1. The lowest BCUT2D eigenvalue weighted by molar-refractivity contribution is 0.312. The quantitative estimate of drug-likeness (QED) is 0.905. The standard InChI is InChI=1S/C15H22N4/c1-12-4-3-6-19-11-14(17-15(12)19)10-18-7-5-13(9-18)8-16-2/h3-4,6,11,13,16H,5,7-10H2,1-2H3. The fraction of sp³-hybridized carbons (Fsp3) is 0.533. The number of imidazole rings is 1. The lowest BCUT2D eigenvalue weighted by atomic mass is 10.1. The highest BCUT2D eigenvalue weighted by Gasteiger charge is 2.22. The summed E-state index contributed by atoms with van der Waals surface area (Å²) in [7, 11) is 2.04. The van der Waals surface area contributed by atoms with Crippen LogP contribution in [0.5, 0.6) is 0 Å². The Morgan fingerprint density at radius 2 is 2.37 bits per heavy atom. The third-order valence-corrected chi connectivity index (χ3v) is 3.98. The summed E-state index contributed by atoms with van der Waals surface area (Å²) in [5.74, 6) is 0.795. The predicted molar refractivity (Wildman–Crippen MR) is 77.2 cm³/mol. The molecule has 0 radical (unpaired) electrons. The first kappa shape index (κ1) is 12.6.